The van der Waals surface area contributed by atoms with Gasteiger partial charge in [0.1, 0.15) is 0 Å². The van der Waals surface area contributed by atoms with E-state index in [0.29, 0.717) is 18.1 Å². The minimum Gasteiger partial charge on any atom is -0.462 e. The number of hydrogen-bond donors (Lipinski definition) is 0. The van der Waals surface area contributed by atoms with Gasteiger partial charge in [-0.15, -0.1) is 0 Å². The van der Waals surface area contributed by atoms with Gasteiger partial charge in [0.25, 0.3) is 0 Å². The van der Waals surface area contributed by atoms with E-state index < -0.39 is 16.6 Å². The summed E-state index contributed by atoms with van der Waals surface area (Å²) >= 11 is 0. The standard InChI is InChI=1S/C13H28O3Si2/c1-11(2)13(14)15-9-12(3)10-18(7,8)16-17(4,5)6/h12H,1,9-10H2,2-8H3. The highest BCUT2D eigenvalue weighted by Crippen LogP contribution is 2.22. The third-order valence-electron chi connectivity index (χ3n) is 2.27. The van der Waals surface area contributed by atoms with E-state index >= 15 is 0 Å². The van der Waals surface area contributed by atoms with Gasteiger partial charge >= 0.3 is 5.97 Å². The van der Waals surface area contributed by atoms with Crippen LogP contribution in [0.25, 0.3) is 0 Å². The molecule has 106 valence electrons. The molecule has 0 heterocycles. The molecule has 0 fully saturated rings. The average Bonchev–Trinajstić information content (AvgIpc) is 2.08. The first-order chi connectivity index (χ1) is 7.93. The zero-order valence-corrected chi connectivity index (χ0v) is 14.9. The van der Waals surface area contributed by atoms with Crippen molar-refractivity contribution >= 4 is 22.6 Å². The van der Waals surface area contributed by atoms with Crippen LogP contribution in [-0.2, 0) is 13.6 Å². The van der Waals surface area contributed by atoms with Crippen molar-refractivity contribution in [2.75, 3.05) is 6.61 Å². The van der Waals surface area contributed by atoms with Crippen molar-refractivity contribution in [3.05, 3.63) is 12.2 Å². The average molecular weight is 289 g/mol. The van der Waals surface area contributed by atoms with Crippen LogP contribution in [0.2, 0.25) is 38.8 Å². The molecule has 0 aromatic heterocycles. The number of ether oxygens (including phenoxy) is 1. The van der Waals surface area contributed by atoms with Gasteiger partial charge in [-0.2, -0.15) is 0 Å². The van der Waals surface area contributed by atoms with E-state index in [1.54, 1.807) is 6.92 Å². The fourth-order valence-electron chi connectivity index (χ4n) is 2.11. The van der Waals surface area contributed by atoms with Crippen LogP contribution in [0, 0.1) is 5.92 Å². The molecule has 0 aromatic rings. The molecule has 0 aromatic carbocycles. The lowest BCUT2D eigenvalue weighted by Gasteiger charge is -2.33. The zero-order chi connectivity index (χ0) is 14.6. The summed E-state index contributed by atoms with van der Waals surface area (Å²) in [6, 6.07) is 1.01. The van der Waals surface area contributed by atoms with Gasteiger partial charge in [-0.25, -0.2) is 4.79 Å². The van der Waals surface area contributed by atoms with Crippen molar-refractivity contribution in [1.29, 1.82) is 0 Å². The lowest BCUT2D eigenvalue weighted by atomic mass is 10.2. The molecular weight excluding hydrogens is 260 g/mol. The Morgan fingerprint density at radius 3 is 2.11 bits per heavy atom. The van der Waals surface area contributed by atoms with Gasteiger partial charge in [-0.05, 0) is 51.6 Å². The minimum atomic E-state index is -1.65. The van der Waals surface area contributed by atoms with Crippen LogP contribution >= 0.6 is 0 Å². The smallest absolute Gasteiger partial charge is 0.333 e. The summed E-state index contributed by atoms with van der Waals surface area (Å²) in [5.41, 5.74) is 0.456. The first-order valence-electron chi connectivity index (χ1n) is 6.46. The molecule has 0 rings (SSSR count). The third kappa shape index (κ3) is 8.66. The van der Waals surface area contributed by atoms with Gasteiger partial charge in [-0.1, -0.05) is 13.5 Å². The predicted octanol–water partition coefficient (Wildman–Crippen LogP) is 3.80. The lowest BCUT2D eigenvalue weighted by molar-refractivity contribution is -0.140. The van der Waals surface area contributed by atoms with Gasteiger partial charge in [0.2, 0.25) is 0 Å². The van der Waals surface area contributed by atoms with Crippen LogP contribution in [0.3, 0.4) is 0 Å². The quantitative estimate of drug-likeness (QED) is 0.406. The normalized spacial score (nSPS) is 14.2. The van der Waals surface area contributed by atoms with E-state index in [1.807, 2.05) is 0 Å². The van der Waals surface area contributed by atoms with Gasteiger partial charge in [0.05, 0.1) is 6.61 Å². The summed E-state index contributed by atoms with van der Waals surface area (Å²) in [4.78, 5) is 11.3. The summed E-state index contributed by atoms with van der Waals surface area (Å²) in [6.45, 7) is 18.9. The van der Waals surface area contributed by atoms with Crippen molar-refractivity contribution in [3.63, 3.8) is 0 Å². The van der Waals surface area contributed by atoms with Crippen LogP contribution in [0.15, 0.2) is 12.2 Å². The van der Waals surface area contributed by atoms with Crippen molar-refractivity contribution < 1.29 is 13.6 Å². The van der Waals surface area contributed by atoms with Crippen LogP contribution in [0.5, 0.6) is 0 Å². The molecule has 0 amide bonds. The van der Waals surface area contributed by atoms with E-state index in [2.05, 4.69) is 46.2 Å². The van der Waals surface area contributed by atoms with E-state index in [-0.39, 0.29) is 5.97 Å². The van der Waals surface area contributed by atoms with E-state index in [1.165, 1.54) is 0 Å². The van der Waals surface area contributed by atoms with Crippen molar-refractivity contribution in [2.24, 2.45) is 5.92 Å². The highest BCUT2D eigenvalue weighted by atomic mass is 28.4. The fourth-order valence-corrected chi connectivity index (χ4v) is 10.9. The number of rotatable bonds is 7. The maximum Gasteiger partial charge on any atom is 0.333 e. The molecule has 0 spiro atoms. The molecule has 0 aliphatic rings. The summed E-state index contributed by atoms with van der Waals surface area (Å²) in [6.07, 6.45) is 0. The summed E-state index contributed by atoms with van der Waals surface area (Å²) in [5.74, 6) is 0.0405. The maximum atomic E-state index is 11.3. The van der Waals surface area contributed by atoms with Gasteiger partial charge in [0.15, 0.2) is 16.6 Å². The highest BCUT2D eigenvalue weighted by molar-refractivity contribution is 6.84. The Kier molecular flexibility index (Phi) is 6.53. The SMILES string of the molecule is C=C(C)C(=O)OCC(C)C[Si](C)(C)O[Si](C)(C)C. The molecule has 3 nitrogen and oxygen atoms in total. The zero-order valence-electron chi connectivity index (χ0n) is 12.9. The predicted molar refractivity (Wildman–Crippen MR) is 81.7 cm³/mol. The summed E-state index contributed by atoms with van der Waals surface area (Å²) in [5, 5.41) is 0. The number of hydrogen-bond acceptors (Lipinski definition) is 3. The second-order valence-corrected chi connectivity index (χ2v) is 15.6. The Morgan fingerprint density at radius 2 is 1.72 bits per heavy atom. The van der Waals surface area contributed by atoms with Crippen LogP contribution in [0.1, 0.15) is 13.8 Å². The molecule has 0 bridgehead atoms. The molecule has 1 unspecified atom stereocenters. The number of carbonyl (C=O) groups is 1. The first kappa shape index (κ1) is 17.6. The minimum absolute atomic E-state index is 0.299. The van der Waals surface area contributed by atoms with Crippen molar-refractivity contribution in [3.8, 4) is 0 Å². The molecular formula is C13H28O3Si2. The number of esters is 1. The Balaban J connectivity index is 4.18. The van der Waals surface area contributed by atoms with E-state index in [4.69, 9.17) is 8.85 Å². The lowest BCUT2D eigenvalue weighted by Crippen LogP contribution is -2.43. The molecule has 0 aliphatic heterocycles. The Bertz CT molecular complexity index is 306. The molecule has 18 heavy (non-hydrogen) atoms. The molecule has 0 aliphatic carbocycles. The van der Waals surface area contributed by atoms with Crippen LogP contribution in [0.4, 0.5) is 0 Å². The molecule has 0 saturated heterocycles. The van der Waals surface area contributed by atoms with Crippen molar-refractivity contribution in [1.82, 2.24) is 0 Å². The molecule has 1 atom stereocenters. The number of carbonyl (C=O) groups excluding carboxylic acids is 1. The molecule has 5 heteroatoms. The van der Waals surface area contributed by atoms with Crippen LogP contribution in [-0.4, -0.2) is 29.2 Å². The van der Waals surface area contributed by atoms with Crippen LogP contribution < -0.4 is 0 Å². The Hall–Kier alpha value is -0.396. The van der Waals surface area contributed by atoms with Gasteiger partial charge in [-0.3, -0.25) is 0 Å². The third-order valence-corrected chi connectivity index (χ3v) is 8.61. The summed E-state index contributed by atoms with van der Waals surface area (Å²) in [7, 11) is -3.14. The van der Waals surface area contributed by atoms with Gasteiger partial charge in [0, 0.05) is 5.57 Å². The topological polar surface area (TPSA) is 35.5 Å². The molecule has 0 N–H and O–H groups in total. The molecule has 0 radical (unpaired) electrons. The molecule has 0 saturated carbocycles. The van der Waals surface area contributed by atoms with E-state index in [0.717, 1.165) is 6.04 Å². The second-order valence-electron chi connectivity index (χ2n) is 6.66. The largest absolute Gasteiger partial charge is 0.462 e. The van der Waals surface area contributed by atoms with Crippen molar-refractivity contribution in [2.45, 2.75) is 52.6 Å². The summed E-state index contributed by atoms with van der Waals surface area (Å²) < 4.78 is 11.5. The fraction of sp³-hybridized carbons (Fsp3) is 0.769. The highest BCUT2D eigenvalue weighted by Gasteiger charge is 2.31. The Labute approximate surface area is 114 Å². The van der Waals surface area contributed by atoms with E-state index in [9.17, 15) is 4.79 Å². The second kappa shape index (κ2) is 6.68. The maximum absolute atomic E-state index is 11.3. The Morgan fingerprint density at radius 1 is 1.22 bits per heavy atom. The van der Waals surface area contributed by atoms with Gasteiger partial charge < -0.3 is 8.85 Å². The monoisotopic (exact) mass is 288 g/mol. The first-order valence-corrected chi connectivity index (χ1v) is 13.0.